The molecule has 0 aromatic rings. The number of carbonyl (C=O) groups excluding carboxylic acids is 1. The number of halogens is 2. The first-order valence-corrected chi connectivity index (χ1v) is 3.66. The van der Waals surface area contributed by atoms with Crippen LogP contribution in [0.2, 0.25) is 0 Å². The van der Waals surface area contributed by atoms with Crippen LogP contribution in [0.3, 0.4) is 0 Å². The van der Waals surface area contributed by atoms with Crippen LogP contribution in [0.5, 0.6) is 0 Å². The second-order valence-corrected chi connectivity index (χ2v) is 2.72. The van der Waals surface area contributed by atoms with E-state index in [0.29, 0.717) is 13.0 Å². The lowest BCUT2D eigenvalue weighted by Gasteiger charge is -2.06. The van der Waals surface area contributed by atoms with Gasteiger partial charge in [-0.1, -0.05) is 0 Å². The van der Waals surface area contributed by atoms with Gasteiger partial charge in [0.05, 0.1) is 13.5 Å². The molecule has 1 rings (SSSR count). The van der Waals surface area contributed by atoms with Gasteiger partial charge in [0.1, 0.15) is 6.17 Å². The van der Waals surface area contributed by atoms with E-state index in [1.807, 2.05) is 0 Å². The Bertz CT molecular complexity index is 156. The Hall–Kier alpha value is -0.350. The Kier molecular flexibility index (Phi) is 5.17. The van der Waals surface area contributed by atoms with E-state index in [9.17, 15) is 9.18 Å². The molecule has 1 saturated heterocycles. The monoisotopic (exact) mass is 197 g/mol. The highest BCUT2D eigenvalue weighted by molar-refractivity contribution is 5.85. The summed E-state index contributed by atoms with van der Waals surface area (Å²) in [5.41, 5.74) is 0. The molecule has 1 heterocycles. The van der Waals surface area contributed by atoms with E-state index in [1.54, 1.807) is 0 Å². The van der Waals surface area contributed by atoms with Crippen molar-refractivity contribution in [2.75, 3.05) is 13.7 Å². The fraction of sp³-hybridized carbons (Fsp3) is 0.857. The van der Waals surface area contributed by atoms with Crippen LogP contribution in [0, 0.1) is 0 Å². The third kappa shape index (κ3) is 3.36. The first-order valence-electron chi connectivity index (χ1n) is 3.66. The normalized spacial score (nSPS) is 27.8. The largest absolute Gasteiger partial charge is 0.469 e. The Morgan fingerprint density at radius 2 is 2.42 bits per heavy atom. The van der Waals surface area contributed by atoms with Crippen molar-refractivity contribution in [1.82, 2.24) is 5.32 Å². The van der Waals surface area contributed by atoms with Crippen LogP contribution in [0.1, 0.15) is 12.8 Å². The molecule has 0 aromatic heterocycles. The van der Waals surface area contributed by atoms with Gasteiger partial charge in [-0.15, -0.1) is 12.4 Å². The second kappa shape index (κ2) is 5.32. The standard InChI is InChI=1S/C7H12FNO2.ClH/c1-11-7(10)3-6-2-5(8)4-9-6;/h5-6,9H,2-4H2,1H3;1H/t5-,6-;/m0./s1. The van der Waals surface area contributed by atoms with E-state index in [-0.39, 0.29) is 30.8 Å². The summed E-state index contributed by atoms with van der Waals surface area (Å²) in [4.78, 5) is 10.7. The SMILES string of the molecule is COC(=O)C[C@@H]1C[C@H](F)CN1.Cl. The molecule has 72 valence electrons. The minimum atomic E-state index is -0.801. The maximum Gasteiger partial charge on any atom is 0.307 e. The molecule has 0 spiro atoms. The number of carbonyl (C=O) groups is 1. The number of esters is 1. The minimum absolute atomic E-state index is 0. The van der Waals surface area contributed by atoms with Crippen LogP contribution in [-0.4, -0.2) is 31.8 Å². The number of methoxy groups -OCH3 is 1. The molecule has 5 heteroatoms. The zero-order chi connectivity index (χ0) is 8.27. The van der Waals surface area contributed by atoms with Crippen molar-refractivity contribution in [3.63, 3.8) is 0 Å². The van der Waals surface area contributed by atoms with E-state index in [0.717, 1.165) is 0 Å². The number of alkyl halides is 1. The summed E-state index contributed by atoms with van der Waals surface area (Å²) < 4.78 is 17.0. The van der Waals surface area contributed by atoms with Crippen molar-refractivity contribution in [2.24, 2.45) is 0 Å². The van der Waals surface area contributed by atoms with Crippen molar-refractivity contribution in [2.45, 2.75) is 25.1 Å². The van der Waals surface area contributed by atoms with Gasteiger partial charge in [-0.05, 0) is 6.42 Å². The van der Waals surface area contributed by atoms with E-state index in [1.165, 1.54) is 7.11 Å². The molecule has 1 aliphatic heterocycles. The van der Waals surface area contributed by atoms with Gasteiger partial charge < -0.3 is 10.1 Å². The molecule has 0 bridgehead atoms. The second-order valence-electron chi connectivity index (χ2n) is 2.72. The lowest BCUT2D eigenvalue weighted by molar-refractivity contribution is -0.141. The van der Waals surface area contributed by atoms with Gasteiger partial charge in [-0.2, -0.15) is 0 Å². The lowest BCUT2D eigenvalue weighted by Crippen LogP contribution is -2.24. The number of hydrogen-bond acceptors (Lipinski definition) is 3. The summed E-state index contributed by atoms with van der Waals surface area (Å²) in [6.07, 6.45) is -0.101. The molecular formula is C7H13ClFNO2. The van der Waals surface area contributed by atoms with E-state index < -0.39 is 6.17 Å². The maximum absolute atomic E-state index is 12.5. The first kappa shape index (κ1) is 11.6. The Labute approximate surface area is 77.1 Å². The van der Waals surface area contributed by atoms with E-state index in [2.05, 4.69) is 10.1 Å². The molecular weight excluding hydrogens is 185 g/mol. The highest BCUT2D eigenvalue weighted by Gasteiger charge is 2.25. The van der Waals surface area contributed by atoms with Crippen LogP contribution in [0.15, 0.2) is 0 Å². The lowest BCUT2D eigenvalue weighted by atomic mass is 10.1. The molecule has 0 unspecified atom stereocenters. The van der Waals surface area contributed by atoms with Gasteiger partial charge >= 0.3 is 5.97 Å². The van der Waals surface area contributed by atoms with Crippen LogP contribution >= 0.6 is 12.4 Å². The maximum atomic E-state index is 12.5. The van der Waals surface area contributed by atoms with Crippen LogP contribution < -0.4 is 5.32 Å². The molecule has 0 radical (unpaired) electrons. The van der Waals surface area contributed by atoms with Crippen LogP contribution in [-0.2, 0) is 9.53 Å². The fourth-order valence-electron chi connectivity index (χ4n) is 1.21. The smallest absolute Gasteiger partial charge is 0.307 e. The predicted molar refractivity (Wildman–Crippen MR) is 45.2 cm³/mol. The molecule has 0 aromatic carbocycles. The summed E-state index contributed by atoms with van der Waals surface area (Å²) >= 11 is 0. The van der Waals surface area contributed by atoms with Crippen molar-refractivity contribution in [3.8, 4) is 0 Å². The van der Waals surface area contributed by atoms with Crippen LogP contribution in [0.25, 0.3) is 0 Å². The van der Waals surface area contributed by atoms with Gasteiger partial charge in [0.25, 0.3) is 0 Å². The van der Waals surface area contributed by atoms with Crippen molar-refractivity contribution in [1.29, 1.82) is 0 Å². The molecule has 0 aliphatic carbocycles. The first-order chi connectivity index (χ1) is 5.22. The highest BCUT2D eigenvalue weighted by Crippen LogP contribution is 2.12. The number of ether oxygens (including phenoxy) is 1. The van der Waals surface area contributed by atoms with E-state index in [4.69, 9.17) is 0 Å². The highest BCUT2D eigenvalue weighted by atomic mass is 35.5. The topological polar surface area (TPSA) is 38.3 Å². The molecule has 3 nitrogen and oxygen atoms in total. The van der Waals surface area contributed by atoms with Crippen LogP contribution in [0.4, 0.5) is 4.39 Å². The molecule has 0 saturated carbocycles. The summed E-state index contributed by atoms with van der Waals surface area (Å²) in [7, 11) is 1.34. The Morgan fingerprint density at radius 3 is 2.83 bits per heavy atom. The van der Waals surface area contributed by atoms with Crippen molar-refractivity contribution < 1.29 is 13.9 Å². The fourth-order valence-corrected chi connectivity index (χ4v) is 1.21. The summed E-state index contributed by atoms with van der Waals surface area (Å²) in [6.45, 7) is 0.363. The average molecular weight is 198 g/mol. The minimum Gasteiger partial charge on any atom is -0.469 e. The average Bonchev–Trinajstić information content (AvgIpc) is 2.35. The Morgan fingerprint density at radius 1 is 1.75 bits per heavy atom. The Balaban J connectivity index is 0.00000121. The molecule has 0 amide bonds. The third-order valence-electron chi connectivity index (χ3n) is 1.81. The number of rotatable bonds is 2. The summed E-state index contributed by atoms with van der Waals surface area (Å²) in [6, 6.07) is -0.0301. The van der Waals surface area contributed by atoms with Crippen molar-refractivity contribution >= 4 is 18.4 Å². The summed E-state index contributed by atoms with van der Waals surface area (Å²) in [5.74, 6) is -0.281. The van der Waals surface area contributed by atoms with Gasteiger partial charge in [-0.3, -0.25) is 4.79 Å². The van der Waals surface area contributed by atoms with Gasteiger partial charge in [0.2, 0.25) is 0 Å². The van der Waals surface area contributed by atoms with Gasteiger partial charge in [0, 0.05) is 12.6 Å². The number of hydrogen-bond donors (Lipinski definition) is 1. The number of nitrogens with one attached hydrogen (secondary N) is 1. The van der Waals surface area contributed by atoms with E-state index >= 15 is 0 Å². The predicted octanol–water partition coefficient (Wildman–Crippen LogP) is 0.671. The molecule has 12 heavy (non-hydrogen) atoms. The van der Waals surface area contributed by atoms with Gasteiger partial charge in [0.15, 0.2) is 0 Å². The third-order valence-corrected chi connectivity index (χ3v) is 1.81. The molecule has 1 aliphatic rings. The van der Waals surface area contributed by atoms with Gasteiger partial charge in [-0.25, -0.2) is 4.39 Å². The molecule has 1 fully saturated rings. The molecule has 2 atom stereocenters. The zero-order valence-corrected chi connectivity index (χ0v) is 7.70. The quantitative estimate of drug-likeness (QED) is 0.662. The zero-order valence-electron chi connectivity index (χ0n) is 6.88. The van der Waals surface area contributed by atoms with Crippen molar-refractivity contribution in [3.05, 3.63) is 0 Å². The summed E-state index contributed by atoms with van der Waals surface area (Å²) in [5, 5.41) is 2.90. The molecule has 1 N–H and O–H groups in total.